The number of anilines is 2. The minimum Gasteiger partial charge on any atom is -0.368 e. The maximum atomic E-state index is 12.8. The van der Waals surface area contributed by atoms with Crippen molar-refractivity contribution >= 4 is 11.9 Å². The molecule has 118 valence electrons. The van der Waals surface area contributed by atoms with Crippen LogP contribution in [-0.4, -0.2) is 21.1 Å². The Morgan fingerprint density at radius 3 is 2.27 bits per heavy atom. The zero-order valence-corrected chi connectivity index (χ0v) is 12.1. The van der Waals surface area contributed by atoms with Gasteiger partial charge in [0.15, 0.2) is 0 Å². The van der Waals surface area contributed by atoms with E-state index < -0.39 is 17.9 Å². The Labute approximate surface area is 125 Å². The standard InChI is InChI=1S/C14H16F3N5/c1-8(14(15,16)17)11-20-12(18)22-13(21-11)19-9(2)10-6-4-3-5-7-10/h3-9H,1-2H3,(H3,18,19,20,21,22). The summed E-state index contributed by atoms with van der Waals surface area (Å²) >= 11 is 0. The fourth-order valence-electron chi connectivity index (χ4n) is 1.83. The highest BCUT2D eigenvalue weighted by atomic mass is 19.4. The highest BCUT2D eigenvalue weighted by Crippen LogP contribution is 2.33. The van der Waals surface area contributed by atoms with E-state index in [9.17, 15) is 13.2 Å². The highest BCUT2D eigenvalue weighted by Gasteiger charge is 2.39. The number of benzene rings is 1. The van der Waals surface area contributed by atoms with Crippen LogP contribution in [0.15, 0.2) is 30.3 Å². The number of nitrogens with one attached hydrogen (secondary N) is 1. The van der Waals surface area contributed by atoms with Crippen LogP contribution in [0.5, 0.6) is 0 Å². The Balaban J connectivity index is 2.23. The first-order valence-electron chi connectivity index (χ1n) is 6.67. The molecule has 0 spiro atoms. The molecule has 0 aliphatic rings. The number of rotatable bonds is 4. The van der Waals surface area contributed by atoms with E-state index in [4.69, 9.17) is 5.73 Å². The lowest BCUT2D eigenvalue weighted by atomic mass is 10.1. The van der Waals surface area contributed by atoms with Crippen molar-refractivity contribution in [2.75, 3.05) is 11.1 Å². The molecule has 0 aliphatic carbocycles. The Hall–Kier alpha value is -2.38. The normalized spacial score (nSPS) is 14.4. The summed E-state index contributed by atoms with van der Waals surface area (Å²) in [6, 6.07) is 9.21. The molecule has 0 bridgehead atoms. The topological polar surface area (TPSA) is 76.7 Å². The maximum Gasteiger partial charge on any atom is 0.398 e. The van der Waals surface area contributed by atoms with E-state index in [2.05, 4.69) is 20.3 Å². The quantitative estimate of drug-likeness (QED) is 0.906. The third-order valence-electron chi connectivity index (χ3n) is 3.19. The Morgan fingerprint density at radius 1 is 1.05 bits per heavy atom. The van der Waals surface area contributed by atoms with E-state index in [-0.39, 0.29) is 17.9 Å². The molecule has 8 heteroatoms. The number of hydrogen-bond donors (Lipinski definition) is 2. The maximum absolute atomic E-state index is 12.8. The molecule has 1 aromatic heterocycles. The lowest BCUT2D eigenvalue weighted by Crippen LogP contribution is -2.22. The Kier molecular flexibility index (Phi) is 4.48. The summed E-state index contributed by atoms with van der Waals surface area (Å²) in [5.41, 5.74) is 6.44. The molecule has 1 aromatic carbocycles. The van der Waals surface area contributed by atoms with Gasteiger partial charge in [0, 0.05) is 0 Å². The summed E-state index contributed by atoms with van der Waals surface area (Å²) in [6.07, 6.45) is -4.43. The smallest absolute Gasteiger partial charge is 0.368 e. The van der Waals surface area contributed by atoms with Gasteiger partial charge in [-0.3, -0.25) is 0 Å². The SMILES string of the molecule is CC(Nc1nc(N)nc(C(C)C(F)(F)F)n1)c1ccccc1. The highest BCUT2D eigenvalue weighted by molar-refractivity contribution is 5.35. The second kappa shape index (κ2) is 6.17. The second-order valence-corrected chi connectivity index (χ2v) is 4.92. The van der Waals surface area contributed by atoms with Crippen molar-refractivity contribution in [3.8, 4) is 0 Å². The van der Waals surface area contributed by atoms with E-state index in [1.54, 1.807) is 0 Å². The van der Waals surface area contributed by atoms with Crippen molar-refractivity contribution < 1.29 is 13.2 Å². The largest absolute Gasteiger partial charge is 0.398 e. The average Bonchev–Trinajstić information content (AvgIpc) is 2.45. The molecule has 2 atom stereocenters. The van der Waals surface area contributed by atoms with Crippen molar-refractivity contribution in [3.63, 3.8) is 0 Å². The summed E-state index contributed by atoms with van der Waals surface area (Å²) < 4.78 is 38.3. The molecule has 2 unspecified atom stereocenters. The van der Waals surface area contributed by atoms with E-state index in [0.29, 0.717) is 0 Å². The first-order valence-corrected chi connectivity index (χ1v) is 6.67. The van der Waals surface area contributed by atoms with Crippen LogP contribution in [0.3, 0.4) is 0 Å². The molecular weight excluding hydrogens is 295 g/mol. The fraction of sp³-hybridized carbons (Fsp3) is 0.357. The zero-order valence-electron chi connectivity index (χ0n) is 12.1. The molecule has 3 N–H and O–H groups in total. The number of halogens is 3. The predicted molar refractivity (Wildman–Crippen MR) is 77.2 cm³/mol. The first-order chi connectivity index (χ1) is 10.3. The van der Waals surface area contributed by atoms with Crippen LogP contribution in [0.1, 0.15) is 37.2 Å². The van der Waals surface area contributed by atoms with Crippen LogP contribution in [-0.2, 0) is 0 Å². The van der Waals surface area contributed by atoms with Gasteiger partial charge in [-0.05, 0) is 19.4 Å². The molecule has 0 amide bonds. The lowest BCUT2D eigenvalue weighted by Gasteiger charge is -2.17. The van der Waals surface area contributed by atoms with Crippen LogP contribution in [0.4, 0.5) is 25.1 Å². The van der Waals surface area contributed by atoms with Gasteiger partial charge >= 0.3 is 6.18 Å². The molecule has 22 heavy (non-hydrogen) atoms. The third-order valence-corrected chi connectivity index (χ3v) is 3.19. The van der Waals surface area contributed by atoms with Crippen molar-refractivity contribution in [3.05, 3.63) is 41.7 Å². The van der Waals surface area contributed by atoms with E-state index in [1.165, 1.54) is 0 Å². The number of aromatic nitrogens is 3. The molecular formula is C14H16F3N5. The molecule has 0 saturated heterocycles. The van der Waals surface area contributed by atoms with Crippen molar-refractivity contribution in [1.82, 2.24) is 15.0 Å². The second-order valence-electron chi connectivity index (χ2n) is 4.92. The minimum atomic E-state index is -4.43. The summed E-state index contributed by atoms with van der Waals surface area (Å²) in [4.78, 5) is 11.2. The molecule has 0 saturated carbocycles. The van der Waals surface area contributed by atoms with Crippen LogP contribution in [0.25, 0.3) is 0 Å². The summed E-state index contributed by atoms with van der Waals surface area (Å²) in [6.45, 7) is 2.83. The van der Waals surface area contributed by atoms with Crippen LogP contribution in [0.2, 0.25) is 0 Å². The van der Waals surface area contributed by atoms with Gasteiger partial charge in [0.25, 0.3) is 0 Å². The van der Waals surface area contributed by atoms with Crippen LogP contribution >= 0.6 is 0 Å². The molecule has 5 nitrogen and oxygen atoms in total. The molecule has 2 rings (SSSR count). The molecule has 2 aromatic rings. The van der Waals surface area contributed by atoms with Crippen molar-refractivity contribution in [1.29, 1.82) is 0 Å². The number of hydrogen-bond acceptors (Lipinski definition) is 5. The van der Waals surface area contributed by atoms with Gasteiger partial charge in [0.1, 0.15) is 11.7 Å². The molecule has 0 aliphatic heterocycles. The van der Waals surface area contributed by atoms with Gasteiger partial charge in [-0.15, -0.1) is 0 Å². The number of alkyl halides is 3. The third kappa shape index (κ3) is 3.84. The summed E-state index contributed by atoms with van der Waals surface area (Å²) in [5, 5.41) is 2.94. The van der Waals surface area contributed by atoms with Crippen molar-refractivity contribution in [2.24, 2.45) is 0 Å². The van der Waals surface area contributed by atoms with Crippen LogP contribution in [0, 0.1) is 0 Å². The fourth-order valence-corrected chi connectivity index (χ4v) is 1.83. The van der Waals surface area contributed by atoms with E-state index in [0.717, 1.165) is 12.5 Å². The minimum absolute atomic E-state index is 0.0231. The number of nitrogens with two attached hydrogens (primary N) is 1. The monoisotopic (exact) mass is 311 g/mol. The zero-order chi connectivity index (χ0) is 16.3. The summed E-state index contributed by atoms with van der Waals surface area (Å²) in [7, 11) is 0. The number of nitrogen functional groups attached to an aromatic ring is 1. The van der Waals surface area contributed by atoms with Gasteiger partial charge in [0.2, 0.25) is 11.9 Å². The molecule has 0 fully saturated rings. The van der Waals surface area contributed by atoms with Crippen molar-refractivity contribution in [2.45, 2.75) is 32.0 Å². The van der Waals surface area contributed by atoms with Gasteiger partial charge in [0.05, 0.1) is 6.04 Å². The van der Waals surface area contributed by atoms with Gasteiger partial charge < -0.3 is 11.1 Å². The lowest BCUT2D eigenvalue weighted by molar-refractivity contribution is -0.147. The van der Waals surface area contributed by atoms with E-state index in [1.807, 2.05) is 37.3 Å². The molecule has 0 radical (unpaired) electrons. The first kappa shape index (κ1) is 16.0. The predicted octanol–water partition coefficient (Wildman–Crippen LogP) is 3.29. The average molecular weight is 311 g/mol. The number of nitrogens with zero attached hydrogens (tertiary/aromatic N) is 3. The Morgan fingerprint density at radius 2 is 1.68 bits per heavy atom. The van der Waals surface area contributed by atoms with Crippen LogP contribution < -0.4 is 11.1 Å². The van der Waals surface area contributed by atoms with Gasteiger partial charge in [-0.2, -0.15) is 28.1 Å². The Bertz CT molecular complexity index is 630. The molecule has 1 heterocycles. The van der Waals surface area contributed by atoms with Gasteiger partial charge in [-0.25, -0.2) is 0 Å². The summed E-state index contributed by atoms with van der Waals surface area (Å²) in [5.74, 6) is -2.44. The van der Waals surface area contributed by atoms with E-state index >= 15 is 0 Å². The van der Waals surface area contributed by atoms with Gasteiger partial charge in [-0.1, -0.05) is 30.3 Å².